The molecule has 0 aliphatic rings. The Kier molecular flexibility index (Phi) is 1.48. The number of anilines is 1. The molecule has 7 heteroatoms. The van der Waals surface area contributed by atoms with E-state index in [0.717, 1.165) is 4.68 Å². The molecule has 1 aromatic rings. The molecule has 54 valence electrons. The Morgan fingerprint density at radius 2 is 2.50 bits per heavy atom. The fraction of sp³-hybridized carbons (Fsp3) is 0.333. The van der Waals surface area contributed by atoms with Gasteiger partial charge in [0, 0.05) is 7.05 Å². The molecule has 0 spiro atoms. The number of carbonyl (C=O) groups is 1. The van der Waals surface area contributed by atoms with Crippen molar-refractivity contribution >= 4 is 12.0 Å². The number of amides is 1. The molecule has 0 bridgehead atoms. The molecule has 0 fully saturated rings. The molecule has 10 heavy (non-hydrogen) atoms. The standard InChI is InChI=1S/C3H6N6O/c1-5-3(10)9-2(4)6-7-8-9/h1H3,(H,5,10)(H2,4,6,8). The van der Waals surface area contributed by atoms with Crippen molar-refractivity contribution in [1.29, 1.82) is 0 Å². The molecule has 0 aliphatic heterocycles. The van der Waals surface area contributed by atoms with E-state index >= 15 is 0 Å². The van der Waals surface area contributed by atoms with Crippen LogP contribution in [-0.4, -0.2) is 33.3 Å². The van der Waals surface area contributed by atoms with Crippen LogP contribution in [0.25, 0.3) is 0 Å². The van der Waals surface area contributed by atoms with Crippen LogP contribution in [0.1, 0.15) is 0 Å². The number of nitrogen functional groups attached to an aromatic ring is 1. The van der Waals surface area contributed by atoms with Crippen LogP contribution in [0.2, 0.25) is 0 Å². The van der Waals surface area contributed by atoms with Gasteiger partial charge in [0.25, 0.3) is 0 Å². The van der Waals surface area contributed by atoms with Crippen molar-refractivity contribution in [2.45, 2.75) is 0 Å². The molecule has 0 saturated carbocycles. The maximum absolute atomic E-state index is 10.7. The Morgan fingerprint density at radius 3 is 2.90 bits per heavy atom. The summed E-state index contributed by atoms with van der Waals surface area (Å²) in [6.07, 6.45) is 0. The van der Waals surface area contributed by atoms with Gasteiger partial charge in [-0.25, -0.2) is 4.79 Å². The van der Waals surface area contributed by atoms with Gasteiger partial charge in [-0.05, 0) is 10.4 Å². The van der Waals surface area contributed by atoms with Gasteiger partial charge in [0.1, 0.15) is 0 Å². The van der Waals surface area contributed by atoms with Gasteiger partial charge in [-0.3, -0.25) is 0 Å². The van der Waals surface area contributed by atoms with Crippen molar-refractivity contribution in [2.75, 3.05) is 12.8 Å². The van der Waals surface area contributed by atoms with E-state index in [1.165, 1.54) is 7.05 Å². The third-order valence-corrected chi connectivity index (χ3v) is 0.900. The summed E-state index contributed by atoms with van der Waals surface area (Å²) in [5.41, 5.74) is 5.18. The van der Waals surface area contributed by atoms with Crippen LogP contribution in [0.15, 0.2) is 0 Å². The number of hydrogen-bond donors (Lipinski definition) is 2. The fourth-order valence-electron chi connectivity index (χ4n) is 0.445. The lowest BCUT2D eigenvalue weighted by Crippen LogP contribution is -2.26. The molecule has 0 radical (unpaired) electrons. The number of rotatable bonds is 0. The first-order chi connectivity index (χ1) is 4.75. The second-order valence-electron chi connectivity index (χ2n) is 1.50. The topological polar surface area (TPSA) is 98.7 Å². The average Bonchev–Trinajstić information content (AvgIpc) is 2.34. The summed E-state index contributed by atoms with van der Waals surface area (Å²) < 4.78 is 0.861. The highest BCUT2D eigenvalue weighted by Crippen LogP contribution is 1.88. The van der Waals surface area contributed by atoms with Crippen molar-refractivity contribution in [3.05, 3.63) is 0 Å². The van der Waals surface area contributed by atoms with E-state index in [1.807, 2.05) is 0 Å². The molecule has 1 rings (SSSR count). The van der Waals surface area contributed by atoms with Crippen molar-refractivity contribution in [1.82, 2.24) is 25.5 Å². The number of carbonyl (C=O) groups excluding carboxylic acids is 1. The summed E-state index contributed by atoms with van der Waals surface area (Å²) in [5, 5.41) is 12.1. The molecule has 3 N–H and O–H groups in total. The molecule has 0 aliphatic carbocycles. The number of aromatic nitrogens is 4. The van der Waals surface area contributed by atoms with E-state index in [2.05, 4.69) is 20.8 Å². The van der Waals surface area contributed by atoms with E-state index in [9.17, 15) is 4.79 Å². The number of hydrogen-bond acceptors (Lipinski definition) is 5. The highest BCUT2D eigenvalue weighted by Gasteiger charge is 2.06. The maximum Gasteiger partial charge on any atom is 0.346 e. The molecule has 1 aromatic heterocycles. The largest absolute Gasteiger partial charge is 0.366 e. The second kappa shape index (κ2) is 2.29. The monoisotopic (exact) mass is 142 g/mol. The number of nitrogens with one attached hydrogen (secondary N) is 1. The second-order valence-corrected chi connectivity index (χ2v) is 1.50. The normalized spacial score (nSPS) is 9.30. The predicted molar refractivity (Wildman–Crippen MR) is 32.1 cm³/mol. The van der Waals surface area contributed by atoms with E-state index in [0.29, 0.717) is 0 Å². The van der Waals surface area contributed by atoms with E-state index in [4.69, 9.17) is 5.73 Å². The van der Waals surface area contributed by atoms with E-state index in [1.54, 1.807) is 0 Å². The summed E-state index contributed by atoms with van der Waals surface area (Å²) in [4.78, 5) is 10.7. The van der Waals surface area contributed by atoms with Crippen molar-refractivity contribution in [2.24, 2.45) is 0 Å². The molecular weight excluding hydrogens is 136 g/mol. The van der Waals surface area contributed by atoms with Crippen LogP contribution in [0.4, 0.5) is 10.7 Å². The molecule has 7 nitrogen and oxygen atoms in total. The molecule has 1 amide bonds. The molecule has 1 heterocycles. The van der Waals surface area contributed by atoms with Crippen LogP contribution < -0.4 is 11.1 Å². The van der Waals surface area contributed by atoms with Gasteiger partial charge in [-0.2, -0.15) is 0 Å². The first kappa shape index (κ1) is 6.46. The minimum absolute atomic E-state index is 0.0284. The van der Waals surface area contributed by atoms with Gasteiger partial charge in [0.05, 0.1) is 0 Å². The zero-order valence-corrected chi connectivity index (χ0v) is 5.27. The quantitative estimate of drug-likeness (QED) is 0.427. The van der Waals surface area contributed by atoms with Crippen LogP contribution >= 0.6 is 0 Å². The lowest BCUT2D eigenvalue weighted by atomic mass is 10.9. The van der Waals surface area contributed by atoms with E-state index in [-0.39, 0.29) is 5.95 Å². The summed E-state index contributed by atoms with van der Waals surface area (Å²) in [5.74, 6) is -0.0284. The van der Waals surface area contributed by atoms with Crippen molar-refractivity contribution < 1.29 is 4.79 Å². The van der Waals surface area contributed by atoms with Gasteiger partial charge in [-0.1, -0.05) is 5.10 Å². The zero-order chi connectivity index (χ0) is 7.56. The third-order valence-electron chi connectivity index (χ3n) is 0.900. The van der Waals surface area contributed by atoms with Crippen molar-refractivity contribution in [3.8, 4) is 0 Å². The molecule has 0 atom stereocenters. The Bertz CT molecular complexity index is 241. The lowest BCUT2D eigenvalue weighted by Gasteiger charge is -1.95. The fourth-order valence-corrected chi connectivity index (χ4v) is 0.445. The van der Waals surface area contributed by atoms with Crippen LogP contribution in [0.5, 0.6) is 0 Å². The minimum Gasteiger partial charge on any atom is -0.366 e. The van der Waals surface area contributed by atoms with E-state index < -0.39 is 6.03 Å². The summed E-state index contributed by atoms with van der Waals surface area (Å²) in [6, 6.07) is -0.456. The Hall–Kier alpha value is -1.66. The number of tetrazole rings is 1. The molecule has 0 saturated heterocycles. The average molecular weight is 142 g/mol. The minimum atomic E-state index is -0.456. The van der Waals surface area contributed by atoms with Gasteiger partial charge in [0.2, 0.25) is 5.95 Å². The van der Waals surface area contributed by atoms with Crippen LogP contribution in [-0.2, 0) is 0 Å². The number of nitrogens with two attached hydrogens (primary N) is 1. The summed E-state index contributed by atoms with van der Waals surface area (Å²) in [7, 11) is 1.46. The molecular formula is C3H6N6O. The predicted octanol–water partition coefficient (Wildman–Crippen LogP) is -1.56. The highest BCUT2D eigenvalue weighted by atomic mass is 16.2. The smallest absolute Gasteiger partial charge is 0.346 e. The van der Waals surface area contributed by atoms with Gasteiger partial charge < -0.3 is 11.1 Å². The van der Waals surface area contributed by atoms with Crippen molar-refractivity contribution in [3.63, 3.8) is 0 Å². The SMILES string of the molecule is CNC(=O)n1nnnc1N. The summed E-state index contributed by atoms with van der Waals surface area (Å²) in [6.45, 7) is 0. The first-order valence-electron chi connectivity index (χ1n) is 2.51. The lowest BCUT2D eigenvalue weighted by molar-refractivity contribution is 0.241. The zero-order valence-electron chi connectivity index (χ0n) is 5.27. The highest BCUT2D eigenvalue weighted by molar-refractivity contribution is 5.77. The Balaban J connectivity index is 2.93. The first-order valence-corrected chi connectivity index (χ1v) is 2.51. The van der Waals surface area contributed by atoms with Gasteiger partial charge in [-0.15, -0.1) is 4.68 Å². The van der Waals surface area contributed by atoms with Gasteiger partial charge >= 0.3 is 6.03 Å². The Labute approximate surface area is 56.2 Å². The molecule has 0 unspecified atom stereocenters. The number of nitrogens with zero attached hydrogens (tertiary/aromatic N) is 4. The van der Waals surface area contributed by atoms with Gasteiger partial charge in [0.15, 0.2) is 0 Å². The summed E-state index contributed by atoms with van der Waals surface area (Å²) >= 11 is 0. The third kappa shape index (κ3) is 0.879. The van der Waals surface area contributed by atoms with Crippen LogP contribution in [0.3, 0.4) is 0 Å². The molecule has 0 aromatic carbocycles. The maximum atomic E-state index is 10.7. The van der Waals surface area contributed by atoms with Crippen LogP contribution in [0, 0.1) is 0 Å². The Morgan fingerprint density at radius 1 is 1.80 bits per heavy atom.